The maximum absolute atomic E-state index is 11.1. The van der Waals surface area contributed by atoms with Gasteiger partial charge in [-0.25, -0.2) is 0 Å². The van der Waals surface area contributed by atoms with Gasteiger partial charge in [0.05, 0.1) is 6.61 Å². The Morgan fingerprint density at radius 3 is 2.92 bits per heavy atom. The average molecular weight is 172 g/mol. The number of hydrogen-bond donors (Lipinski definition) is 1. The van der Waals surface area contributed by atoms with Crippen molar-refractivity contribution in [2.24, 2.45) is 5.92 Å². The second kappa shape index (κ2) is 4.21. The Bertz CT molecular complexity index is 187. The van der Waals surface area contributed by atoms with Crippen molar-refractivity contribution in [3.63, 3.8) is 0 Å². The first kappa shape index (κ1) is 9.19. The molecular weight excluding hydrogens is 160 g/mol. The molecule has 1 atom stereocenters. The lowest BCUT2D eigenvalue weighted by atomic mass is 10.1. The lowest BCUT2D eigenvalue weighted by molar-refractivity contribution is -0.151. The van der Waals surface area contributed by atoms with E-state index in [0.717, 1.165) is 6.42 Å². The molecule has 0 bridgehead atoms. The predicted octanol–water partition coefficient (Wildman–Crippen LogP) is -0.109. The van der Waals surface area contributed by atoms with Gasteiger partial charge in [-0.15, -0.1) is 0 Å². The molecule has 0 radical (unpaired) electrons. The van der Waals surface area contributed by atoms with Crippen molar-refractivity contribution in [1.82, 2.24) is 0 Å². The molecule has 1 fully saturated rings. The standard InChI is InChI=1S/C8H12O4/c9-4-5-12-8(11)6-2-1-3-7(6)10/h6,9H,1-5H2. The first-order chi connectivity index (χ1) is 5.75. The minimum absolute atomic E-state index is 0.0113. The highest BCUT2D eigenvalue weighted by Crippen LogP contribution is 2.22. The SMILES string of the molecule is O=C1CCCC1C(=O)OCCO. The van der Waals surface area contributed by atoms with Crippen LogP contribution in [0.2, 0.25) is 0 Å². The third-order valence-corrected chi connectivity index (χ3v) is 1.92. The third-order valence-electron chi connectivity index (χ3n) is 1.92. The third kappa shape index (κ3) is 2.04. The van der Waals surface area contributed by atoms with Gasteiger partial charge in [-0.3, -0.25) is 9.59 Å². The number of ketones is 1. The summed E-state index contributed by atoms with van der Waals surface area (Å²) < 4.78 is 4.64. The van der Waals surface area contributed by atoms with E-state index in [1.165, 1.54) is 0 Å². The van der Waals surface area contributed by atoms with E-state index in [9.17, 15) is 9.59 Å². The number of aliphatic hydroxyl groups is 1. The second-order valence-corrected chi connectivity index (χ2v) is 2.80. The Kier molecular flexibility index (Phi) is 3.22. The van der Waals surface area contributed by atoms with E-state index in [1.807, 2.05) is 0 Å². The Balaban J connectivity index is 2.36. The number of hydrogen-bond acceptors (Lipinski definition) is 4. The molecule has 1 aliphatic rings. The fourth-order valence-electron chi connectivity index (χ4n) is 1.31. The molecule has 68 valence electrons. The van der Waals surface area contributed by atoms with Gasteiger partial charge in [-0.2, -0.15) is 0 Å². The zero-order valence-electron chi connectivity index (χ0n) is 6.78. The minimum atomic E-state index is -0.559. The van der Waals surface area contributed by atoms with Gasteiger partial charge < -0.3 is 9.84 Å². The molecular formula is C8H12O4. The molecule has 0 aliphatic heterocycles. The Hall–Kier alpha value is -0.900. The molecule has 0 amide bonds. The summed E-state index contributed by atoms with van der Waals surface area (Å²) in [6, 6.07) is 0. The largest absolute Gasteiger partial charge is 0.463 e. The zero-order chi connectivity index (χ0) is 8.97. The van der Waals surface area contributed by atoms with Gasteiger partial charge in [0.2, 0.25) is 0 Å². The molecule has 1 rings (SSSR count). The second-order valence-electron chi connectivity index (χ2n) is 2.80. The van der Waals surface area contributed by atoms with Crippen LogP contribution in [0, 0.1) is 5.92 Å². The average Bonchev–Trinajstić information content (AvgIpc) is 2.47. The summed E-state index contributed by atoms with van der Waals surface area (Å²) in [7, 11) is 0. The van der Waals surface area contributed by atoms with Crippen LogP contribution in [0.5, 0.6) is 0 Å². The molecule has 4 heteroatoms. The van der Waals surface area contributed by atoms with Crippen LogP contribution in [0.15, 0.2) is 0 Å². The maximum atomic E-state index is 11.1. The van der Waals surface area contributed by atoms with Gasteiger partial charge in [-0.1, -0.05) is 0 Å². The molecule has 12 heavy (non-hydrogen) atoms. The first-order valence-electron chi connectivity index (χ1n) is 4.06. The predicted molar refractivity (Wildman–Crippen MR) is 40.4 cm³/mol. The van der Waals surface area contributed by atoms with Crippen LogP contribution in [0.4, 0.5) is 0 Å². The molecule has 0 spiro atoms. The molecule has 0 heterocycles. The smallest absolute Gasteiger partial charge is 0.316 e. The van der Waals surface area contributed by atoms with Crippen LogP contribution in [0.1, 0.15) is 19.3 Å². The summed E-state index contributed by atoms with van der Waals surface area (Å²) in [5.74, 6) is -1.07. The quantitative estimate of drug-likeness (QED) is 0.476. The normalized spacial score (nSPS) is 22.8. The number of carbonyl (C=O) groups excluding carboxylic acids is 2. The summed E-state index contributed by atoms with van der Waals surface area (Å²) in [4.78, 5) is 22.1. The van der Waals surface area contributed by atoms with Gasteiger partial charge in [0.1, 0.15) is 18.3 Å². The van der Waals surface area contributed by atoms with E-state index < -0.39 is 11.9 Å². The Morgan fingerprint density at radius 1 is 1.67 bits per heavy atom. The molecule has 0 aromatic carbocycles. The van der Waals surface area contributed by atoms with Crippen molar-refractivity contribution in [1.29, 1.82) is 0 Å². The zero-order valence-corrected chi connectivity index (χ0v) is 6.78. The molecule has 0 aromatic rings. The van der Waals surface area contributed by atoms with E-state index in [-0.39, 0.29) is 19.0 Å². The number of ether oxygens (including phenoxy) is 1. The van der Waals surface area contributed by atoms with Crippen molar-refractivity contribution in [2.75, 3.05) is 13.2 Å². The van der Waals surface area contributed by atoms with Gasteiger partial charge in [0.25, 0.3) is 0 Å². The van der Waals surface area contributed by atoms with Gasteiger partial charge in [-0.05, 0) is 12.8 Å². The minimum Gasteiger partial charge on any atom is -0.463 e. The molecule has 0 saturated heterocycles. The Morgan fingerprint density at radius 2 is 2.42 bits per heavy atom. The highest BCUT2D eigenvalue weighted by Gasteiger charge is 2.31. The van der Waals surface area contributed by atoms with Gasteiger partial charge >= 0.3 is 5.97 Å². The summed E-state index contributed by atoms with van der Waals surface area (Å²) in [5, 5.41) is 8.36. The summed E-state index contributed by atoms with van der Waals surface area (Å²) in [5.41, 5.74) is 0. The molecule has 4 nitrogen and oxygen atoms in total. The van der Waals surface area contributed by atoms with Gasteiger partial charge in [0, 0.05) is 6.42 Å². The monoisotopic (exact) mass is 172 g/mol. The van der Waals surface area contributed by atoms with Crippen molar-refractivity contribution >= 4 is 11.8 Å². The van der Waals surface area contributed by atoms with Crippen molar-refractivity contribution < 1.29 is 19.4 Å². The highest BCUT2D eigenvalue weighted by atomic mass is 16.5. The van der Waals surface area contributed by atoms with Gasteiger partial charge in [0.15, 0.2) is 0 Å². The number of aliphatic hydroxyl groups excluding tert-OH is 1. The molecule has 0 aromatic heterocycles. The fraction of sp³-hybridized carbons (Fsp3) is 0.750. The highest BCUT2D eigenvalue weighted by molar-refractivity contribution is 6.00. The fourth-order valence-corrected chi connectivity index (χ4v) is 1.31. The summed E-state index contributed by atoms with van der Waals surface area (Å²) in [6.45, 7) is -0.199. The van der Waals surface area contributed by atoms with E-state index >= 15 is 0 Å². The van der Waals surface area contributed by atoms with Crippen LogP contribution >= 0.6 is 0 Å². The van der Waals surface area contributed by atoms with Crippen LogP contribution in [-0.2, 0) is 14.3 Å². The molecule has 1 N–H and O–H groups in total. The molecule has 1 saturated carbocycles. The lowest BCUT2D eigenvalue weighted by Gasteiger charge is -2.06. The van der Waals surface area contributed by atoms with Crippen LogP contribution < -0.4 is 0 Å². The number of carbonyl (C=O) groups is 2. The number of esters is 1. The summed E-state index contributed by atoms with van der Waals surface area (Å²) >= 11 is 0. The summed E-state index contributed by atoms with van der Waals surface area (Å²) in [6.07, 6.45) is 1.86. The first-order valence-corrected chi connectivity index (χ1v) is 4.06. The maximum Gasteiger partial charge on any atom is 0.316 e. The van der Waals surface area contributed by atoms with E-state index in [4.69, 9.17) is 5.11 Å². The van der Waals surface area contributed by atoms with Crippen molar-refractivity contribution in [2.45, 2.75) is 19.3 Å². The van der Waals surface area contributed by atoms with E-state index in [2.05, 4.69) is 4.74 Å². The number of Topliss-reactive ketones (excluding diaryl/α,β-unsaturated/α-hetero) is 1. The Labute approximate surface area is 70.5 Å². The number of rotatable bonds is 3. The topological polar surface area (TPSA) is 63.6 Å². The molecule has 1 unspecified atom stereocenters. The van der Waals surface area contributed by atoms with E-state index in [0.29, 0.717) is 12.8 Å². The van der Waals surface area contributed by atoms with Crippen LogP contribution in [0.25, 0.3) is 0 Å². The van der Waals surface area contributed by atoms with Crippen molar-refractivity contribution in [3.8, 4) is 0 Å². The lowest BCUT2D eigenvalue weighted by Crippen LogP contribution is -2.22. The van der Waals surface area contributed by atoms with Crippen LogP contribution in [0.3, 0.4) is 0 Å². The molecule has 1 aliphatic carbocycles. The van der Waals surface area contributed by atoms with E-state index in [1.54, 1.807) is 0 Å². The van der Waals surface area contributed by atoms with Crippen molar-refractivity contribution in [3.05, 3.63) is 0 Å². The van der Waals surface area contributed by atoms with Crippen LogP contribution in [-0.4, -0.2) is 30.1 Å².